The van der Waals surface area contributed by atoms with Crippen molar-refractivity contribution in [3.63, 3.8) is 0 Å². The smallest absolute Gasteiger partial charge is 0.0526 e. The molecular formula is C12H12NPS. The first kappa shape index (κ1) is 10.5. The minimum atomic E-state index is 0. The minimum Gasteiger partial charge on any atom is -0.354 e. The van der Waals surface area contributed by atoms with Crippen LogP contribution in [0, 0.1) is 0 Å². The van der Waals surface area contributed by atoms with Gasteiger partial charge in [0.2, 0.25) is 0 Å². The average molecular weight is 233 g/mol. The Bertz CT molecular complexity index is 397. The maximum Gasteiger partial charge on any atom is 0.0526 e. The van der Waals surface area contributed by atoms with E-state index in [2.05, 4.69) is 53.8 Å². The summed E-state index contributed by atoms with van der Waals surface area (Å²) in [5, 5.41) is 3.42. The lowest BCUT2D eigenvalue weighted by molar-refractivity contribution is 1.32. The normalized spacial score (nSPS) is 11.7. The van der Waals surface area contributed by atoms with Crippen LogP contribution < -0.4 is 5.32 Å². The lowest BCUT2D eigenvalue weighted by atomic mass is 10.2. The molecule has 1 N–H and O–H groups in total. The molecule has 1 aliphatic rings. The molecule has 0 spiro atoms. The second-order valence-electron chi connectivity index (χ2n) is 3.22. The molecule has 76 valence electrons. The largest absolute Gasteiger partial charge is 0.354 e. The maximum absolute atomic E-state index is 3.42. The third-order valence-electron chi connectivity index (χ3n) is 2.26. The van der Waals surface area contributed by atoms with Crippen molar-refractivity contribution in [2.24, 2.45) is 0 Å². The number of para-hydroxylation sites is 2. The zero-order valence-electron chi connectivity index (χ0n) is 8.23. The van der Waals surface area contributed by atoms with E-state index in [1.165, 1.54) is 21.2 Å². The van der Waals surface area contributed by atoms with Gasteiger partial charge >= 0.3 is 0 Å². The van der Waals surface area contributed by atoms with Crippen molar-refractivity contribution in [3.05, 3.63) is 48.5 Å². The van der Waals surface area contributed by atoms with E-state index in [4.69, 9.17) is 0 Å². The van der Waals surface area contributed by atoms with E-state index < -0.39 is 0 Å². The van der Waals surface area contributed by atoms with Gasteiger partial charge in [0.1, 0.15) is 0 Å². The van der Waals surface area contributed by atoms with Crippen LogP contribution in [0.4, 0.5) is 11.4 Å². The summed E-state index contributed by atoms with van der Waals surface area (Å²) in [6.07, 6.45) is 0. The van der Waals surface area contributed by atoms with Gasteiger partial charge in [-0.25, -0.2) is 0 Å². The zero-order valence-corrected chi connectivity index (χ0v) is 10.5. The molecule has 1 nitrogen and oxygen atoms in total. The van der Waals surface area contributed by atoms with Gasteiger partial charge in [0.05, 0.1) is 11.4 Å². The summed E-state index contributed by atoms with van der Waals surface area (Å²) < 4.78 is 0. The van der Waals surface area contributed by atoms with Crippen LogP contribution in [-0.2, 0) is 0 Å². The van der Waals surface area contributed by atoms with Crippen LogP contribution in [0.3, 0.4) is 0 Å². The Morgan fingerprint density at radius 3 is 1.73 bits per heavy atom. The summed E-state index contributed by atoms with van der Waals surface area (Å²) in [5.41, 5.74) is 2.41. The molecule has 3 heteroatoms. The summed E-state index contributed by atoms with van der Waals surface area (Å²) in [6, 6.07) is 16.8. The Labute approximate surface area is 96.9 Å². The molecule has 2 aromatic carbocycles. The number of hydrogen-bond donors (Lipinski definition) is 1. The topological polar surface area (TPSA) is 12.0 Å². The van der Waals surface area contributed by atoms with Gasteiger partial charge in [0, 0.05) is 9.79 Å². The molecule has 0 aromatic heterocycles. The van der Waals surface area contributed by atoms with Crippen molar-refractivity contribution in [2.75, 3.05) is 5.32 Å². The number of rotatable bonds is 0. The predicted molar refractivity (Wildman–Crippen MR) is 71.4 cm³/mol. The molecule has 1 heterocycles. The molecule has 0 aliphatic carbocycles. The van der Waals surface area contributed by atoms with Crippen LogP contribution in [0.5, 0.6) is 0 Å². The molecule has 0 amide bonds. The number of nitrogens with one attached hydrogen (secondary N) is 1. The molecule has 1 atom stereocenters. The van der Waals surface area contributed by atoms with Crippen LogP contribution >= 0.6 is 21.7 Å². The Kier molecular flexibility index (Phi) is 2.99. The van der Waals surface area contributed by atoms with E-state index in [1.807, 2.05) is 11.8 Å². The third-order valence-corrected chi connectivity index (χ3v) is 3.42. The lowest BCUT2D eigenvalue weighted by Crippen LogP contribution is -1.98. The van der Waals surface area contributed by atoms with E-state index in [0.29, 0.717) is 0 Å². The van der Waals surface area contributed by atoms with Gasteiger partial charge in [-0.2, -0.15) is 9.90 Å². The van der Waals surface area contributed by atoms with Crippen LogP contribution in [0.25, 0.3) is 0 Å². The fourth-order valence-electron chi connectivity index (χ4n) is 1.58. The maximum atomic E-state index is 3.42. The number of fused-ring (bicyclic) bond motifs is 2. The van der Waals surface area contributed by atoms with E-state index in [1.54, 1.807) is 0 Å². The van der Waals surface area contributed by atoms with Gasteiger partial charge in [-0.15, -0.1) is 0 Å². The molecule has 0 saturated heterocycles. The molecular weight excluding hydrogens is 221 g/mol. The Balaban J connectivity index is 0.000000853. The lowest BCUT2D eigenvalue weighted by Gasteiger charge is -2.19. The molecule has 3 rings (SSSR count). The highest BCUT2D eigenvalue weighted by Gasteiger charge is 2.13. The molecule has 0 fully saturated rings. The Morgan fingerprint density at radius 1 is 0.733 bits per heavy atom. The highest BCUT2D eigenvalue weighted by Crippen LogP contribution is 2.43. The van der Waals surface area contributed by atoms with Crippen molar-refractivity contribution < 1.29 is 0 Å². The summed E-state index contributed by atoms with van der Waals surface area (Å²) >= 11 is 1.82. The van der Waals surface area contributed by atoms with Crippen LogP contribution in [0.2, 0.25) is 0 Å². The van der Waals surface area contributed by atoms with Gasteiger partial charge in [-0.3, -0.25) is 0 Å². The molecule has 2 aromatic rings. The molecule has 0 radical (unpaired) electrons. The summed E-state index contributed by atoms with van der Waals surface area (Å²) in [4.78, 5) is 2.59. The van der Waals surface area contributed by atoms with E-state index in [-0.39, 0.29) is 9.90 Å². The van der Waals surface area contributed by atoms with Crippen LogP contribution in [0.1, 0.15) is 0 Å². The first-order valence-corrected chi connectivity index (χ1v) is 5.38. The second-order valence-corrected chi connectivity index (χ2v) is 4.30. The Morgan fingerprint density at radius 2 is 1.20 bits per heavy atom. The van der Waals surface area contributed by atoms with Crippen molar-refractivity contribution in [3.8, 4) is 0 Å². The standard InChI is InChI=1S/C12H9NS.H3P/c1-3-7-11-9(5-1)13-10-6-2-4-8-12(10)14-11;/h1-8,13H;1H3. The quantitative estimate of drug-likeness (QED) is 0.590. The highest BCUT2D eigenvalue weighted by atomic mass is 32.2. The van der Waals surface area contributed by atoms with Gasteiger partial charge in [-0.05, 0) is 24.3 Å². The molecule has 0 bridgehead atoms. The number of benzene rings is 2. The fourth-order valence-corrected chi connectivity index (χ4v) is 2.57. The van der Waals surface area contributed by atoms with Crippen LogP contribution in [0.15, 0.2) is 58.3 Å². The fraction of sp³-hybridized carbons (Fsp3) is 0. The summed E-state index contributed by atoms with van der Waals surface area (Å²) in [6.45, 7) is 0. The zero-order chi connectivity index (χ0) is 9.38. The van der Waals surface area contributed by atoms with E-state index >= 15 is 0 Å². The summed E-state index contributed by atoms with van der Waals surface area (Å²) in [7, 11) is 0. The number of anilines is 2. The van der Waals surface area contributed by atoms with Gasteiger partial charge < -0.3 is 5.32 Å². The monoisotopic (exact) mass is 233 g/mol. The minimum absolute atomic E-state index is 0. The third kappa shape index (κ3) is 1.88. The Hall–Kier alpha value is -0.980. The molecule has 0 saturated carbocycles. The van der Waals surface area contributed by atoms with Crippen molar-refractivity contribution in [2.45, 2.75) is 9.79 Å². The highest BCUT2D eigenvalue weighted by molar-refractivity contribution is 7.99. The van der Waals surface area contributed by atoms with Gasteiger partial charge in [-0.1, -0.05) is 36.0 Å². The molecule has 15 heavy (non-hydrogen) atoms. The van der Waals surface area contributed by atoms with Crippen molar-refractivity contribution in [1.29, 1.82) is 0 Å². The van der Waals surface area contributed by atoms with Gasteiger partial charge in [0.15, 0.2) is 0 Å². The SMILES string of the molecule is P.c1ccc2c(c1)Nc1ccccc1S2. The first-order chi connectivity index (χ1) is 6.93. The van der Waals surface area contributed by atoms with E-state index in [0.717, 1.165) is 0 Å². The second kappa shape index (κ2) is 4.26. The number of hydrogen-bond acceptors (Lipinski definition) is 2. The van der Waals surface area contributed by atoms with E-state index in [9.17, 15) is 0 Å². The first-order valence-electron chi connectivity index (χ1n) is 4.56. The summed E-state index contributed by atoms with van der Waals surface area (Å²) in [5.74, 6) is 0. The van der Waals surface area contributed by atoms with Gasteiger partial charge in [0.25, 0.3) is 0 Å². The molecule has 1 aliphatic heterocycles. The predicted octanol–water partition coefficient (Wildman–Crippen LogP) is 3.95. The van der Waals surface area contributed by atoms with Crippen molar-refractivity contribution in [1.82, 2.24) is 0 Å². The molecule has 1 unspecified atom stereocenters. The van der Waals surface area contributed by atoms with Crippen molar-refractivity contribution >= 4 is 33.0 Å². The average Bonchev–Trinajstić information content (AvgIpc) is 2.26. The van der Waals surface area contributed by atoms with Crippen LogP contribution in [-0.4, -0.2) is 0 Å².